The van der Waals surface area contributed by atoms with Gasteiger partial charge in [0.05, 0.1) is 18.8 Å². The van der Waals surface area contributed by atoms with Crippen molar-refractivity contribution in [2.75, 3.05) is 45.6 Å². The number of thioether (sulfide) groups is 1. The number of aliphatic hydroxyl groups is 1. The van der Waals surface area contributed by atoms with Crippen LogP contribution in [0.1, 0.15) is 33.1 Å². The number of aliphatic imine (C=N–C) groups is 1. The van der Waals surface area contributed by atoms with Gasteiger partial charge in [0.25, 0.3) is 0 Å². The molecule has 1 aliphatic heterocycles. The summed E-state index contributed by atoms with van der Waals surface area (Å²) in [7, 11) is 2.07. The highest BCUT2D eigenvalue weighted by atomic mass is 32.2. The predicted molar refractivity (Wildman–Crippen MR) is 93.6 cm³/mol. The summed E-state index contributed by atoms with van der Waals surface area (Å²) in [6.45, 7) is 8.25. The lowest BCUT2D eigenvalue weighted by Gasteiger charge is -2.44. The van der Waals surface area contributed by atoms with Crippen LogP contribution in [0.15, 0.2) is 4.99 Å². The summed E-state index contributed by atoms with van der Waals surface area (Å²) >= 11 is 1.85. The minimum Gasteiger partial charge on any atom is -0.387 e. The first-order chi connectivity index (χ1) is 10.6. The third-order valence-corrected chi connectivity index (χ3v) is 5.97. The molecule has 1 saturated carbocycles. The van der Waals surface area contributed by atoms with E-state index in [0.29, 0.717) is 17.7 Å². The summed E-state index contributed by atoms with van der Waals surface area (Å²) < 4.78 is 5.45. The maximum atomic E-state index is 10.7. The Morgan fingerprint density at radius 1 is 1.45 bits per heavy atom. The Labute approximate surface area is 138 Å². The van der Waals surface area contributed by atoms with Crippen LogP contribution in [-0.4, -0.2) is 72.5 Å². The Balaban J connectivity index is 1.91. The summed E-state index contributed by atoms with van der Waals surface area (Å²) in [6.07, 6.45) is 3.10. The van der Waals surface area contributed by atoms with Gasteiger partial charge in [-0.2, -0.15) is 11.8 Å². The fraction of sp³-hybridized carbons (Fsp3) is 0.938. The fourth-order valence-corrected chi connectivity index (χ4v) is 4.29. The number of hydrogen-bond donors (Lipinski definition) is 2. The normalized spacial score (nSPS) is 31.9. The van der Waals surface area contributed by atoms with Crippen molar-refractivity contribution in [2.45, 2.75) is 44.0 Å². The second-order valence-electron chi connectivity index (χ2n) is 6.37. The molecule has 6 heteroatoms. The Kier molecular flexibility index (Phi) is 6.84. The van der Waals surface area contributed by atoms with Gasteiger partial charge in [0, 0.05) is 37.9 Å². The zero-order valence-corrected chi connectivity index (χ0v) is 15.0. The largest absolute Gasteiger partial charge is 0.387 e. The van der Waals surface area contributed by atoms with Gasteiger partial charge in [-0.3, -0.25) is 4.99 Å². The van der Waals surface area contributed by atoms with Crippen LogP contribution in [0.3, 0.4) is 0 Å². The third kappa shape index (κ3) is 4.52. The zero-order valence-electron chi connectivity index (χ0n) is 14.2. The van der Waals surface area contributed by atoms with Gasteiger partial charge in [0.2, 0.25) is 0 Å². The van der Waals surface area contributed by atoms with E-state index in [1.165, 1.54) is 0 Å². The van der Waals surface area contributed by atoms with Crippen LogP contribution in [-0.2, 0) is 4.74 Å². The standard InChI is InChI=1S/C16H31N3O2S/c1-4-17-15(19(3)10-13-7-9-21-11-13)18-12-16(20)8-6-14(16)22-5-2/h13-14,20H,4-12H2,1-3H3,(H,17,18). The van der Waals surface area contributed by atoms with E-state index in [9.17, 15) is 5.11 Å². The molecule has 0 radical (unpaired) electrons. The van der Waals surface area contributed by atoms with Crippen molar-refractivity contribution in [1.29, 1.82) is 0 Å². The van der Waals surface area contributed by atoms with Crippen LogP contribution in [0.4, 0.5) is 0 Å². The molecule has 1 aliphatic carbocycles. The molecule has 0 spiro atoms. The first kappa shape index (κ1) is 17.9. The van der Waals surface area contributed by atoms with Crippen LogP contribution in [0, 0.1) is 5.92 Å². The number of rotatable bonds is 7. The van der Waals surface area contributed by atoms with Crippen molar-refractivity contribution < 1.29 is 9.84 Å². The van der Waals surface area contributed by atoms with E-state index in [2.05, 4.69) is 31.1 Å². The summed E-state index contributed by atoms with van der Waals surface area (Å²) in [6, 6.07) is 0. The smallest absolute Gasteiger partial charge is 0.193 e. The average Bonchev–Trinajstić information content (AvgIpc) is 3.00. The van der Waals surface area contributed by atoms with Gasteiger partial charge in [-0.1, -0.05) is 6.92 Å². The van der Waals surface area contributed by atoms with E-state index in [0.717, 1.165) is 57.3 Å². The fourth-order valence-electron chi connectivity index (χ4n) is 3.10. The minimum absolute atomic E-state index is 0.345. The van der Waals surface area contributed by atoms with E-state index >= 15 is 0 Å². The second-order valence-corrected chi connectivity index (χ2v) is 7.85. The van der Waals surface area contributed by atoms with Gasteiger partial charge in [0.15, 0.2) is 5.96 Å². The van der Waals surface area contributed by atoms with Crippen molar-refractivity contribution in [1.82, 2.24) is 10.2 Å². The lowest BCUT2D eigenvalue weighted by molar-refractivity contribution is -0.0156. The molecule has 0 amide bonds. The summed E-state index contributed by atoms with van der Waals surface area (Å²) in [5.41, 5.74) is -0.612. The highest BCUT2D eigenvalue weighted by Gasteiger charge is 2.45. The van der Waals surface area contributed by atoms with E-state index < -0.39 is 5.60 Å². The minimum atomic E-state index is -0.612. The topological polar surface area (TPSA) is 57.1 Å². The van der Waals surface area contributed by atoms with Gasteiger partial charge in [0.1, 0.15) is 0 Å². The molecule has 0 aromatic heterocycles. The van der Waals surface area contributed by atoms with Gasteiger partial charge in [-0.15, -0.1) is 0 Å². The average molecular weight is 330 g/mol. The Morgan fingerprint density at radius 2 is 2.27 bits per heavy atom. The highest BCUT2D eigenvalue weighted by molar-refractivity contribution is 8.00. The Hall–Kier alpha value is -0.460. The first-order valence-corrected chi connectivity index (χ1v) is 9.55. The van der Waals surface area contributed by atoms with Crippen molar-refractivity contribution in [3.05, 3.63) is 0 Å². The predicted octanol–water partition coefficient (Wildman–Crippen LogP) is 1.57. The molecule has 3 unspecified atom stereocenters. The third-order valence-electron chi connectivity index (χ3n) is 4.56. The van der Waals surface area contributed by atoms with E-state index in [1.807, 2.05) is 11.8 Å². The van der Waals surface area contributed by atoms with Crippen molar-refractivity contribution in [3.63, 3.8) is 0 Å². The number of nitrogens with zero attached hydrogens (tertiary/aromatic N) is 2. The summed E-state index contributed by atoms with van der Waals surface area (Å²) in [4.78, 5) is 6.88. The molecule has 2 aliphatic rings. The molecule has 0 aromatic rings. The molecule has 3 atom stereocenters. The first-order valence-electron chi connectivity index (χ1n) is 8.50. The molecule has 0 aromatic carbocycles. The van der Waals surface area contributed by atoms with E-state index in [4.69, 9.17) is 9.73 Å². The Bertz CT molecular complexity index is 374. The van der Waals surface area contributed by atoms with Gasteiger partial charge < -0.3 is 20.1 Å². The lowest BCUT2D eigenvalue weighted by Crippen LogP contribution is -2.53. The van der Waals surface area contributed by atoms with Gasteiger partial charge in [-0.05, 0) is 31.9 Å². The molecule has 5 nitrogen and oxygen atoms in total. The summed E-state index contributed by atoms with van der Waals surface area (Å²) in [5, 5.41) is 14.4. The second kappa shape index (κ2) is 8.41. The SMILES string of the molecule is CCNC(=NCC1(O)CCC1SCC)N(C)CC1CCOC1. The molecular weight excluding hydrogens is 298 g/mol. The number of ether oxygens (including phenoxy) is 1. The molecule has 1 saturated heterocycles. The molecule has 2 rings (SSSR count). The maximum Gasteiger partial charge on any atom is 0.193 e. The summed E-state index contributed by atoms with van der Waals surface area (Å²) in [5.74, 6) is 2.54. The molecule has 1 heterocycles. The quantitative estimate of drug-likeness (QED) is 0.548. The molecule has 0 bridgehead atoms. The van der Waals surface area contributed by atoms with Crippen molar-refractivity contribution >= 4 is 17.7 Å². The van der Waals surface area contributed by atoms with Crippen molar-refractivity contribution in [2.24, 2.45) is 10.9 Å². The van der Waals surface area contributed by atoms with Crippen LogP contribution in [0.5, 0.6) is 0 Å². The number of hydrogen-bond acceptors (Lipinski definition) is 4. The molecule has 2 fully saturated rings. The molecular formula is C16H31N3O2S. The zero-order chi connectivity index (χ0) is 16.0. The number of nitrogens with one attached hydrogen (secondary N) is 1. The monoisotopic (exact) mass is 329 g/mol. The van der Waals surface area contributed by atoms with E-state index in [1.54, 1.807) is 0 Å². The Morgan fingerprint density at radius 3 is 2.82 bits per heavy atom. The lowest BCUT2D eigenvalue weighted by atomic mass is 9.79. The van der Waals surface area contributed by atoms with Crippen LogP contribution < -0.4 is 5.32 Å². The maximum absolute atomic E-state index is 10.7. The highest BCUT2D eigenvalue weighted by Crippen LogP contribution is 2.41. The number of guanidine groups is 1. The van der Waals surface area contributed by atoms with Crippen molar-refractivity contribution in [3.8, 4) is 0 Å². The molecule has 22 heavy (non-hydrogen) atoms. The molecule has 128 valence electrons. The van der Waals surface area contributed by atoms with Gasteiger partial charge in [-0.25, -0.2) is 0 Å². The molecule has 2 N–H and O–H groups in total. The van der Waals surface area contributed by atoms with Gasteiger partial charge >= 0.3 is 0 Å². The van der Waals surface area contributed by atoms with Crippen LogP contribution >= 0.6 is 11.8 Å². The van der Waals surface area contributed by atoms with Crippen LogP contribution in [0.25, 0.3) is 0 Å². The van der Waals surface area contributed by atoms with E-state index in [-0.39, 0.29) is 0 Å². The van der Waals surface area contributed by atoms with Crippen LogP contribution in [0.2, 0.25) is 0 Å².